The van der Waals surface area contributed by atoms with Crippen LogP contribution in [0.5, 0.6) is 0 Å². The number of carbonyl (C=O) groups excluding carboxylic acids is 2. The molecule has 1 aromatic carbocycles. The van der Waals surface area contributed by atoms with Gasteiger partial charge in [-0.15, -0.1) is 11.3 Å². The van der Waals surface area contributed by atoms with Crippen molar-refractivity contribution in [2.24, 2.45) is 0 Å². The lowest BCUT2D eigenvalue weighted by Gasteiger charge is -2.22. The zero-order valence-electron chi connectivity index (χ0n) is 12.4. The maximum atomic E-state index is 12.3. The third-order valence-electron chi connectivity index (χ3n) is 3.40. The molecule has 6 heteroatoms. The molecule has 21 heavy (non-hydrogen) atoms. The highest BCUT2D eigenvalue weighted by atomic mass is 32.1. The maximum Gasteiger partial charge on any atom is 0.350 e. The lowest BCUT2D eigenvalue weighted by atomic mass is 10.0. The minimum Gasteiger partial charge on any atom is -0.465 e. The summed E-state index contributed by atoms with van der Waals surface area (Å²) in [5, 5.41) is 6.62. The molecule has 0 bridgehead atoms. The van der Waals surface area contributed by atoms with Crippen LogP contribution in [0.1, 0.15) is 23.5 Å². The van der Waals surface area contributed by atoms with Gasteiger partial charge in [-0.05, 0) is 27.0 Å². The molecule has 112 valence electrons. The van der Waals surface area contributed by atoms with Crippen molar-refractivity contribution < 1.29 is 14.3 Å². The van der Waals surface area contributed by atoms with Crippen molar-refractivity contribution in [3.05, 3.63) is 29.1 Å². The summed E-state index contributed by atoms with van der Waals surface area (Å²) in [5.41, 5.74) is -0.230. The molecule has 1 aromatic heterocycles. The Morgan fingerprint density at radius 2 is 1.90 bits per heavy atom. The Kier molecular flexibility index (Phi) is 4.29. The molecule has 2 rings (SSSR count). The number of methoxy groups -OCH3 is 1. The number of nitrogens with one attached hydrogen (secondary N) is 2. The summed E-state index contributed by atoms with van der Waals surface area (Å²) >= 11 is 1.31. The fourth-order valence-electron chi connectivity index (χ4n) is 1.79. The highest BCUT2D eigenvalue weighted by Gasteiger charge is 2.28. The Balaban J connectivity index is 2.51. The molecule has 2 aromatic rings. The highest BCUT2D eigenvalue weighted by Crippen LogP contribution is 2.36. The van der Waals surface area contributed by atoms with Gasteiger partial charge in [-0.3, -0.25) is 4.79 Å². The smallest absolute Gasteiger partial charge is 0.350 e. The van der Waals surface area contributed by atoms with Crippen molar-refractivity contribution in [1.82, 2.24) is 5.32 Å². The van der Waals surface area contributed by atoms with Crippen molar-refractivity contribution >= 4 is 39.0 Å². The average molecular weight is 306 g/mol. The zero-order valence-corrected chi connectivity index (χ0v) is 13.3. The SMILES string of the molecule is CNC(C)(C)C(=O)Nc1c(C(=O)OC)sc2ccccc12. The number of thiophene rings is 1. The van der Waals surface area contributed by atoms with Crippen molar-refractivity contribution in [1.29, 1.82) is 0 Å². The third-order valence-corrected chi connectivity index (χ3v) is 4.55. The summed E-state index contributed by atoms with van der Waals surface area (Å²) in [5.74, 6) is -0.660. The van der Waals surface area contributed by atoms with E-state index in [2.05, 4.69) is 10.6 Å². The monoisotopic (exact) mass is 306 g/mol. The predicted octanol–water partition coefficient (Wildman–Crippen LogP) is 2.62. The van der Waals surface area contributed by atoms with Gasteiger partial charge in [0.25, 0.3) is 0 Å². The number of ether oxygens (including phenoxy) is 1. The highest BCUT2D eigenvalue weighted by molar-refractivity contribution is 7.21. The molecule has 0 fully saturated rings. The molecule has 0 unspecified atom stereocenters. The number of anilines is 1. The van der Waals surface area contributed by atoms with E-state index in [9.17, 15) is 9.59 Å². The second-order valence-corrected chi connectivity index (χ2v) is 6.18. The molecule has 5 nitrogen and oxygen atoms in total. The van der Waals surface area contributed by atoms with Crippen LogP contribution in [-0.2, 0) is 9.53 Å². The quantitative estimate of drug-likeness (QED) is 0.852. The number of likely N-dealkylation sites (N-methyl/N-ethyl adjacent to an activating group) is 1. The number of benzene rings is 1. The number of esters is 1. The maximum absolute atomic E-state index is 12.3. The van der Waals surface area contributed by atoms with Gasteiger partial charge >= 0.3 is 5.97 Å². The Labute approximate surface area is 127 Å². The van der Waals surface area contributed by atoms with Crippen LogP contribution in [0.25, 0.3) is 10.1 Å². The predicted molar refractivity (Wildman–Crippen MR) is 84.9 cm³/mol. The van der Waals surface area contributed by atoms with E-state index in [-0.39, 0.29) is 5.91 Å². The van der Waals surface area contributed by atoms with Gasteiger partial charge in [-0.2, -0.15) is 0 Å². The van der Waals surface area contributed by atoms with E-state index in [1.807, 2.05) is 24.3 Å². The first kappa shape index (κ1) is 15.5. The largest absolute Gasteiger partial charge is 0.465 e. The molecule has 0 spiro atoms. The lowest BCUT2D eigenvalue weighted by molar-refractivity contribution is -0.121. The van der Waals surface area contributed by atoms with Crippen LogP contribution in [-0.4, -0.2) is 31.6 Å². The van der Waals surface area contributed by atoms with Crippen molar-refractivity contribution in [2.45, 2.75) is 19.4 Å². The normalized spacial score (nSPS) is 11.4. The van der Waals surface area contributed by atoms with E-state index in [0.29, 0.717) is 10.6 Å². The Morgan fingerprint density at radius 3 is 2.52 bits per heavy atom. The van der Waals surface area contributed by atoms with Gasteiger partial charge in [-0.25, -0.2) is 4.79 Å². The number of carbonyl (C=O) groups is 2. The van der Waals surface area contributed by atoms with E-state index in [4.69, 9.17) is 4.74 Å². The molecule has 0 aliphatic carbocycles. The molecule has 1 heterocycles. The van der Waals surface area contributed by atoms with Crippen LogP contribution >= 0.6 is 11.3 Å². The first-order valence-corrected chi connectivity index (χ1v) is 7.32. The summed E-state index contributed by atoms with van der Waals surface area (Å²) in [6.07, 6.45) is 0. The standard InChI is InChI=1S/C15H18N2O3S/c1-15(2,16-3)14(19)17-11-9-7-5-6-8-10(9)21-12(11)13(18)20-4/h5-8,16H,1-4H3,(H,17,19). The lowest BCUT2D eigenvalue weighted by Crippen LogP contribution is -2.48. The number of hydrogen-bond donors (Lipinski definition) is 2. The summed E-state index contributed by atoms with van der Waals surface area (Å²) in [4.78, 5) is 24.7. The van der Waals surface area contributed by atoms with E-state index < -0.39 is 11.5 Å². The van der Waals surface area contributed by atoms with Crippen LogP contribution in [0.4, 0.5) is 5.69 Å². The number of hydrogen-bond acceptors (Lipinski definition) is 5. The fourth-order valence-corrected chi connectivity index (χ4v) is 2.87. The number of rotatable bonds is 4. The molecule has 0 atom stereocenters. The van der Waals surface area contributed by atoms with Crippen LogP contribution in [0.15, 0.2) is 24.3 Å². The second kappa shape index (κ2) is 5.83. The van der Waals surface area contributed by atoms with Crippen LogP contribution in [0, 0.1) is 0 Å². The van der Waals surface area contributed by atoms with E-state index in [1.165, 1.54) is 18.4 Å². The molecule has 2 N–H and O–H groups in total. The topological polar surface area (TPSA) is 67.4 Å². The van der Waals surface area contributed by atoms with Gasteiger partial charge in [0.15, 0.2) is 0 Å². The van der Waals surface area contributed by atoms with Gasteiger partial charge in [0, 0.05) is 10.1 Å². The molecule has 0 radical (unpaired) electrons. The van der Waals surface area contributed by atoms with Crippen LogP contribution < -0.4 is 10.6 Å². The minimum atomic E-state index is -0.740. The summed E-state index contributed by atoms with van der Waals surface area (Å²) in [7, 11) is 3.04. The van der Waals surface area contributed by atoms with E-state index >= 15 is 0 Å². The molecular formula is C15H18N2O3S. The van der Waals surface area contributed by atoms with Gasteiger partial charge in [0.05, 0.1) is 18.3 Å². The summed E-state index contributed by atoms with van der Waals surface area (Å²) in [6.45, 7) is 3.55. The first-order chi connectivity index (χ1) is 9.90. The van der Waals surface area contributed by atoms with Gasteiger partial charge in [0.2, 0.25) is 5.91 Å². The minimum absolute atomic E-state index is 0.210. The Morgan fingerprint density at radius 1 is 1.24 bits per heavy atom. The molecule has 0 aliphatic rings. The molecule has 0 aliphatic heterocycles. The van der Waals surface area contributed by atoms with Gasteiger partial charge in [-0.1, -0.05) is 18.2 Å². The van der Waals surface area contributed by atoms with Crippen molar-refractivity contribution in [3.63, 3.8) is 0 Å². The van der Waals surface area contributed by atoms with Crippen LogP contribution in [0.2, 0.25) is 0 Å². The Bertz CT molecular complexity index is 691. The van der Waals surface area contributed by atoms with E-state index in [1.54, 1.807) is 20.9 Å². The van der Waals surface area contributed by atoms with Crippen molar-refractivity contribution in [2.75, 3.05) is 19.5 Å². The van der Waals surface area contributed by atoms with E-state index in [0.717, 1.165) is 10.1 Å². The zero-order chi connectivity index (χ0) is 15.6. The van der Waals surface area contributed by atoms with Crippen molar-refractivity contribution in [3.8, 4) is 0 Å². The first-order valence-electron chi connectivity index (χ1n) is 6.51. The molecule has 1 amide bonds. The van der Waals surface area contributed by atoms with Gasteiger partial charge < -0.3 is 15.4 Å². The third kappa shape index (κ3) is 2.91. The Hall–Kier alpha value is -1.92. The molecule has 0 saturated heterocycles. The summed E-state index contributed by atoms with van der Waals surface area (Å²) in [6, 6.07) is 7.55. The molecule has 0 saturated carbocycles. The summed E-state index contributed by atoms with van der Waals surface area (Å²) < 4.78 is 5.73. The number of fused-ring (bicyclic) bond motifs is 1. The fraction of sp³-hybridized carbons (Fsp3) is 0.333. The number of amides is 1. The van der Waals surface area contributed by atoms with Crippen LogP contribution in [0.3, 0.4) is 0 Å². The average Bonchev–Trinajstić information content (AvgIpc) is 2.85. The second-order valence-electron chi connectivity index (χ2n) is 5.12. The molecular weight excluding hydrogens is 288 g/mol. The van der Waals surface area contributed by atoms with Gasteiger partial charge in [0.1, 0.15) is 4.88 Å².